The van der Waals surface area contributed by atoms with Crippen LogP contribution in [0.25, 0.3) is 5.70 Å². The summed E-state index contributed by atoms with van der Waals surface area (Å²) in [4.78, 5) is 2.28. The van der Waals surface area contributed by atoms with Crippen molar-refractivity contribution in [3.05, 3.63) is 112 Å². The fraction of sp³-hybridized carbons (Fsp3) is 0.344. The first-order valence-electron chi connectivity index (χ1n) is 14.5. The van der Waals surface area contributed by atoms with Crippen molar-refractivity contribution in [2.24, 2.45) is 0 Å². The number of ether oxygens (including phenoxy) is 2. The lowest BCUT2D eigenvalue weighted by Crippen LogP contribution is -2.34. The molecule has 5 rings (SSSR count). The van der Waals surface area contributed by atoms with Crippen LogP contribution in [0.2, 0.25) is 0 Å². The van der Waals surface area contributed by atoms with Gasteiger partial charge in [0.05, 0.1) is 13.2 Å². The average Bonchev–Trinajstić information content (AvgIpc) is 3.01. The fourth-order valence-corrected chi connectivity index (χ4v) is 5.50. The van der Waals surface area contributed by atoms with Crippen molar-refractivity contribution < 1.29 is 40.1 Å². The minimum Gasteiger partial charge on any atom is -0.418 e. The summed E-state index contributed by atoms with van der Waals surface area (Å²) in [5.74, 6) is -0.496. The summed E-state index contributed by atoms with van der Waals surface area (Å²) in [5.41, 5.74) is 6.19. The molecule has 2 heterocycles. The number of benzene rings is 2. The Hall–Kier alpha value is -3.28. The second-order valence-corrected chi connectivity index (χ2v) is 10.7. The minimum atomic E-state index is -6.00. The predicted molar refractivity (Wildman–Crippen MR) is 162 cm³/mol. The molecule has 4 nitrogen and oxygen atoms in total. The number of nitrogens with zero attached hydrogens (tertiary/aromatic N) is 2. The lowest BCUT2D eigenvalue weighted by molar-refractivity contribution is -0.548. The average molecular weight is 639 g/mol. The maximum absolute atomic E-state index is 13.6. The van der Waals surface area contributed by atoms with E-state index in [0.717, 1.165) is 84.2 Å². The smallest absolute Gasteiger partial charge is 0.418 e. The molecule has 0 N–H and O–H groups in total. The molecule has 0 spiro atoms. The lowest BCUT2D eigenvalue weighted by Gasteiger charge is -2.31. The van der Waals surface area contributed by atoms with Gasteiger partial charge in [-0.2, -0.15) is 0 Å². The number of hydrogen-bond acceptors (Lipinski definition) is 3. The highest BCUT2D eigenvalue weighted by atomic mass is 35.5. The van der Waals surface area contributed by atoms with Crippen molar-refractivity contribution in [1.29, 1.82) is 0 Å². The van der Waals surface area contributed by atoms with E-state index >= 15 is 0 Å². The van der Waals surface area contributed by atoms with Crippen LogP contribution in [0.15, 0.2) is 89.0 Å². The number of rotatable bonds is 6. The molecule has 3 aliphatic rings. The molecule has 2 aromatic rings. The Balaban J connectivity index is 0.000000818. The molecule has 1 aliphatic carbocycles. The standard InChI is InChI=1S/C32H34ClF2N2O2.BF4/c33-32-26(8-14-30(36-16-20-38-21-17-36)24-4-10-28(34)11-5-24)2-1-3-27(32)9-15-31(37-18-22-39-23-19-37)25-6-12-29(35)13-7-25;2-1(3,4)5/h4-15H,1-3,16-23H2;/q+1;-1. The SMILES string of the molecule is F[B-](F)(F)F.Fc1ccc(C(/C=C/C2=C(Cl)C(=C/C=C(\c3ccc(F)cc3)N3CCOCC3)/CCC2)=[N+]2CCOCC2)cc1. The topological polar surface area (TPSA) is 24.7 Å². The third-order valence-electron chi connectivity index (χ3n) is 7.32. The zero-order valence-electron chi connectivity index (χ0n) is 24.1. The quantitative estimate of drug-likeness (QED) is 0.185. The molecular formula is C32H34BClF6N2O2. The number of hydrogen-bond donors (Lipinski definition) is 0. The van der Waals surface area contributed by atoms with Crippen molar-refractivity contribution in [2.75, 3.05) is 52.6 Å². The third-order valence-corrected chi connectivity index (χ3v) is 7.81. The Morgan fingerprint density at radius 3 is 1.93 bits per heavy atom. The molecule has 236 valence electrons. The van der Waals surface area contributed by atoms with Crippen LogP contribution in [-0.2, 0) is 9.47 Å². The molecule has 0 unspecified atom stereocenters. The van der Waals surface area contributed by atoms with E-state index in [-0.39, 0.29) is 11.6 Å². The van der Waals surface area contributed by atoms with Gasteiger partial charge in [0.2, 0.25) is 5.71 Å². The van der Waals surface area contributed by atoms with Crippen molar-refractivity contribution in [3.8, 4) is 0 Å². The fourth-order valence-electron chi connectivity index (χ4n) is 5.19. The molecule has 2 saturated heterocycles. The van der Waals surface area contributed by atoms with Gasteiger partial charge < -0.3 is 31.6 Å². The van der Waals surface area contributed by atoms with E-state index in [0.29, 0.717) is 26.4 Å². The zero-order chi connectivity index (χ0) is 31.5. The van der Waals surface area contributed by atoms with Crippen LogP contribution >= 0.6 is 11.6 Å². The molecule has 0 radical (unpaired) electrons. The van der Waals surface area contributed by atoms with Gasteiger partial charge >= 0.3 is 7.25 Å². The summed E-state index contributed by atoms with van der Waals surface area (Å²) in [6.07, 6.45) is 11.2. The molecule has 2 aromatic carbocycles. The summed E-state index contributed by atoms with van der Waals surface area (Å²) in [6, 6.07) is 13.3. The Morgan fingerprint density at radius 2 is 1.34 bits per heavy atom. The first-order valence-corrected chi connectivity index (χ1v) is 14.9. The molecule has 0 aromatic heterocycles. The normalized spacial score (nSPS) is 19.3. The highest BCUT2D eigenvalue weighted by molar-refractivity contribution is 6.50. The minimum absolute atomic E-state index is 0.248. The first kappa shape index (κ1) is 33.6. The van der Waals surface area contributed by atoms with Crippen LogP contribution in [0.5, 0.6) is 0 Å². The van der Waals surface area contributed by atoms with E-state index < -0.39 is 7.25 Å². The van der Waals surface area contributed by atoms with Crippen molar-refractivity contribution >= 4 is 30.3 Å². The van der Waals surface area contributed by atoms with Crippen molar-refractivity contribution in [3.63, 3.8) is 0 Å². The van der Waals surface area contributed by atoms with Gasteiger partial charge in [0.15, 0.2) is 13.1 Å². The third kappa shape index (κ3) is 10.4. The molecular weight excluding hydrogens is 605 g/mol. The second kappa shape index (κ2) is 16.2. The van der Waals surface area contributed by atoms with E-state index in [1.54, 1.807) is 0 Å². The van der Waals surface area contributed by atoms with Gasteiger partial charge in [-0.1, -0.05) is 23.8 Å². The van der Waals surface area contributed by atoms with Crippen LogP contribution in [-0.4, -0.2) is 75.0 Å². The van der Waals surface area contributed by atoms with Gasteiger partial charge in [-0.25, -0.2) is 13.4 Å². The van der Waals surface area contributed by atoms with Gasteiger partial charge in [0.25, 0.3) is 0 Å². The van der Waals surface area contributed by atoms with Crippen LogP contribution < -0.4 is 0 Å². The van der Waals surface area contributed by atoms with Crippen LogP contribution in [0.3, 0.4) is 0 Å². The highest BCUT2D eigenvalue weighted by Gasteiger charge is 2.21. The molecule has 2 aliphatic heterocycles. The van der Waals surface area contributed by atoms with Gasteiger partial charge in [-0.3, -0.25) is 0 Å². The van der Waals surface area contributed by atoms with Gasteiger partial charge in [0.1, 0.15) is 24.8 Å². The van der Waals surface area contributed by atoms with Gasteiger partial charge in [0, 0.05) is 35.5 Å². The van der Waals surface area contributed by atoms with Crippen molar-refractivity contribution in [1.82, 2.24) is 4.90 Å². The molecule has 44 heavy (non-hydrogen) atoms. The van der Waals surface area contributed by atoms with E-state index in [4.69, 9.17) is 21.1 Å². The second-order valence-electron chi connectivity index (χ2n) is 10.4. The maximum Gasteiger partial charge on any atom is 0.673 e. The zero-order valence-corrected chi connectivity index (χ0v) is 24.9. The summed E-state index contributed by atoms with van der Waals surface area (Å²) >= 11 is 6.98. The molecule has 2 fully saturated rings. The van der Waals surface area contributed by atoms with Crippen LogP contribution in [0.1, 0.15) is 30.4 Å². The number of morpholine rings is 2. The van der Waals surface area contributed by atoms with E-state index in [9.17, 15) is 26.0 Å². The first-order chi connectivity index (χ1) is 21.1. The Morgan fingerprint density at radius 1 is 0.795 bits per heavy atom. The number of allylic oxidation sites excluding steroid dienone is 7. The molecule has 0 bridgehead atoms. The molecule has 0 amide bonds. The number of halogens is 7. The summed E-state index contributed by atoms with van der Waals surface area (Å²) in [6.45, 7) is 5.81. The molecule has 12 heteroatoms. The maximum atomic E-state index is 13.6. The van der Waals surface area contributed by atoms with Gasteiger partial charge in [-0.05, 0) is 90.6 Å². The van der Waals surface area contributed by atoms with Crippen LogP contribution in [0.4, 0.5) is 26.0 Å². The van der Waals surface area contributed by atoms with Crippen LogP contribution in [0, 0.1) is 11.6 Å². The van der Waals surface area contributed by atoms with Gasteiger partial charge in [-0.15, -0.1) is 0 Å². The Kier molecular flexibility index (Phi) is 12.3. The van der Waals surface area contributed by atoms with E-state index in [1.807, 2.05) is 24.3 Å². The monoisotopic (exact) mass is 638 g/mol. The predicted octanol–water partition coefficient (Wildman–Crippen LogP) is 7.63. The summed E-state index contributed by atoms with van der Waals surface area (Å²) in [7, 11) is -6.00. The largest absolute Gasteiger partial charge is 0.673 e. The molecule has 0 atom stereocenters. The Labute approximate surface area is 258 Å². The summed E-state index contributed by atoms with van der Waals surface area (Å²) < 4.78 is 79.6. The van der Waals surface area contributed by atoms with Crippen molar-refractivity contribution in [2.45, 2.75) is 19.3 Å². The van der Waals surface area contributed by atoms with E-state index in [1.165, 1.54) is 24.3 Å². The lowest BCUT2D eigenvalue weighted by atomic mass is 9.93. The highest BCUT2D eigenvalue weighted by Crippen LogP contribution is 2.34. The van der Waals surface area contributed by atoms with E-state index in [2.05, 4.69) is 33.8 Å². The summed E-state index contributed by atoms with van der Waals surface area (Å²) in [5, 5.41) is 0.773. The Bertz CT molecular complexity index is 1400. The molecule has 0 saturated carbocycles.